The number of anilines is 1. The molecule has 3 aromatic rings. The van der Waals surface area contributed by atoms with Crippen LogP contribution in [0.4, 0.5) is 5.69 Å². The summed E-state index contributed by atoms with van der Waals surface area (Å²) in [5, 5.41) is 7.26. The Morgan fingerprint density at radius 1 is 1.18 bits per heavy atom. The molecule has 10 heteroatoms. The van der Waals surface area contributed by atoms with Gasteiger partial charge in [-0.15, -0.1) is 0 Å². The van der Waals surface area contributed by atoms with Crippen molar-refractivity contribution >= 4 is 33.2 Å². The SMILES string of the molecule is O=C(Nc1cc(Cl)ccc1-n1cncn1)c1cccc(S(=O)(=O)NC2CC2)c1. The number of benzene rings is 2. The van der Waals surface area contributed by atoms with Crippen molar-refractivity contribution in [2.45, 2.75) is 23.8 Å². The topological polar surface area (TPSA) is 106 Å². The maximum Gasteiger partial charge on any atom is 0.255 e. The molecule has 0 unspecified atom stereocenters. The highest BCUT2D eigenvalue weighted by Gasteiger charge is 2.28. The lowest BCUT2D eigenvalue weighted by molar-refractivity contribution is 0.102. The van der Waals surface area contributed by atoms with Gasteiger partial charge in [0.15, 0.2) is 0 Å². The highest BCUT2D eigenvalue weighted by molar-refractivity contribution is 7.89. The molecule has 0 radical (unpaired) electrons. The molecule has 0 saturated heterocycles. The molecule has 1 fully saturated rings. The first-order valence-corrected chi connectivity index (χ1v) is 10.4. The predicted octanol–water partition coefficient (Wildman–Crippen LogP) is 2.61. The van der Waals surface area contributed by atoms with Gasteiger partial charge in [0.25, 0.3) is 5.91 Å². The second-order valence-electron chi connectivity index (χ2n) is 6.38. The van der Waals surface area contributed by atoms with E-state index in [0.29, 0.717) is 16.4 Å². The molecule has 1 heterocycles. The second kappa shape index (κ2) is 7.34. The molecule has 4 rings (SSSR count). The van der Waals surface area contributed by atoms with Crippen LogP contribution >= 0.6 is 11.6 Å². The molecule has 0 atom stereocenters. The van der Waals surface area contributed by atoms with Crippen LogP contribution in [0, 0.1) is 0 Å². The lowest BCUT2D eigenvalue weighted by atomic mass is 10.2. The quantitative estimate of drug-likeness (QED) is 0.641. The number of amides is 1. The number of hydrogen-bond donors (Lipinski definition) is 2. The number of rotatable bonds is 6. The maximum absolute atomic E-state index is 12.7. The summed E-state index contributed by atoms with van der Waals surface area (Å²) < 4.78 is 28.9. The molecule has 0 spiro atoms. The van der Waals surface area contributed by atoms with Crippen LogP contribution in [-0.4, -0.2) is 35.1 Å². The van der Waals surface area contributed by atoms with E-state index >= 15 is 0 Å². The highest BCUT2D eigenvalue weighted by Crippen LogP contribution is 2.25. The fraction of sp³-hybridized carbons (Fsp3) is 0.167. The molecule has 1 saturated carbocycles. The Morgan fingerprint density at radius 3 is 2.71 bits per heavy atom. The maximum atomic E-state index is 12.7. The van der Waals surface area contributed by atoms with Gasteiger partial charge in [-0.25, -0.2) is 22.8 Å². The number of aromatic nitrogens is 3. The molecule has 1 aliphatic carbocycles. The zero-order chi connectivity index (χ0) is 19.7. The summed E-state index contributed by atoms with van der Waals surface area (Å²) in [7, 11) is -3.65. The van der Waals surface area contributed by atoms with Gasteiger partial charge in [0.2, 0.25) is 10.0 Å². The van der Waals surface area contributed by atoms with Crippen molar-refractivity contribution in [3.8, 4) is 5.69 Å². The molecule has 2 N–H and O–H groups in total. The summed E-state index contributed by atoms with van der Waals surface area (Å²) in [4.78, 5) is 16.7. The molecule has 0 aliphatic heterocycles. The lowest BCUT2D eigenvalue weighted by Gasteiger charge is -2.12. The van der Waals surface area contributed by atoms with Crippen molar-refractivity contribution in [3.05, 3.63) is 65.7 Å². The normalized spacial score (nSPS) is 14.0. The Morgan fingerprint density at radius 2 is 2.00 bits per heavy atom. The molecule has 0 bridgehead atoms. The lowest BCUT2D eigenvalue weighted by Crippen LogP contribution is -2.26. The standard InChI is InChI=1S/C18H16ClN5O3S/c19-13-4-7-17(24-11-20-10-21-24)16(9-13)22-18(25)12-2-1-3-15(8-12)28(26,27)23-14-5-6-14/h1-4,7-11,14,23H,5-6H2,(H,22,25). The minimum atomic E-state index is -3.65. The van der Waals surface area contributed by atoms with Gasteiger partial charge >= 0.3 is 0 Å². The Bertz CT molecular complexity index is 1130. The van der Waals surface area contributed by atoms with Gasteiger partial charge in [0.05, 0.1) is 16.3 Å². The molecule has 2 aromatic carbocycles. The average Bonchev–Trinajstić information content (AvgIpc) is 3.30. The number of sulfonamides is 1. The van der Waals surface area contributed by atoms with Crippen LogP contribution in [0.3, 0.4) is 0 Å². The minimum absolute atomic E-state index is 0.0146. The largest absolute Gasteiger partial charge is 0.320 e. The molecule has 8 nitrogen and oxygen atoms in total. The monoisotopic (exact) mass is 417 g/mol. The van der Waals surface area contributed by atoms with E-state index in [4.69, 9.17) is 11.6 Å². The first-order valence-electron chi connectivity index (χ1n) is 8.51. The van der Waals surface area contributed by atoms with Gasteiger partial charge < -0.3 is 5.32 Å². The third kappa shape index (κ3) is 4.06. The second-order valence-corrected chi connectivity index (χ2v) is 8.53. The summed E-state index contributed by atoms with van der Waals surface area (Å²) in [5.74, 6) is -0.466. The zero-order valence-electron chi connectivity index (χ0n) is 14.5. The van der Waals surface area contributed by atoms with Crippen LogP contribution in [0.15, 0.2) is 60.0 Å². The molecule has 1 amide bonds. The number of hydrogen-bond acceptors (Lipinski definition) is 5. The van der Waals surface area contributed by atoms with E-state index in [-0.39, 0.29) is 16.5 Å². The Balaban J connectivity index is 1.61. The van der Waals surface area contributed by atoms with Crippen molar-refractivity contribution in [3.63, 3.8) is 0 Å². The molecule has 28 heavy (non-hydrogen) atoms. The molecule has 144 valence electrons. The summed E-state index contributed by atoms with van der Waals surface area (Å²) >= 11 is 6.06. The van der Waals surface area contributed by atoms with Crippen molar-refractivity contribution in [1.82, 2.24) is 19.5 Å². The van der Waals surface area contributed by atoms with Crippen LogP contribution in [0.25, 0.3) is 5.69 Å². The van der Waals surface area contributed by atoms with Crippen LogP contribution in [0.5, 0.6) is 0 Å². The van der Waals surface area contributed by atoms with Gasteiger partial charge in [-0.3, -0.25) is 4.79 Å². The van der Waals surface area contributed by atoms with Gasteiger partial charge in [-0.05, 0) is 49.2 Å². The average molecular weight is 418 g/mol. The van der Waals surface area contributed by atoms with Crippen LogP contribution in [-0.2, 0) is 10.0 Å². The third-order valence-electron chi connectivity index (χ3n) is 4.18. The van der Waals surface area contributed by atoms with E-state index in [1.807, 2.05) is 0 Å². The van der Waals surface area contributed by atoms with Crippen molar-refractivity contribution in [1.29, 1.82) is 0 Å². The van der Waals surface area contributed by atoms with E-state index < -0.39 is 15.9 Å². The molecular formula is C18H16ClN5O3S. The van der Waals surface area contributed by atoms with Crippen molar-refractivity contribution < 1.29 is 13.2 Å². The van der Waals surface area contributed by atoms with Gasteiger partial charge in [0.1, 0.15) is 12.7 Å². The third-order valence-corrected chi connectivity index (χ3v) is 5.93. The predicted molar refractivity (Wildman–Crippen MR) is 104 cm³/mol. The zero-order valence-corrected chi connectivity index (χ0v) is 16.1. The van der Waals surface area contributed by atoms with Crippen LogP contribution in [0.1, 0.15) is 23.2 Å². The number of carbonyl (C=O) groups is 1. The summed E-state index contributed by atoms with van der Waals surface area (Å²) in [6.45, 7) is 0. The molecule has 1 aromatic heterocycles. The first kappa shape index (κ1) is 18.6. The number of nitrogens with zero attached hydrogens (tertiary/aromatic N) is 3. The first-order chi connectivity index (χ1) is 13.4. The fourth-order valence-electron chi connectivity index (χ4n) is 2.63. The summed E-state index contributed by atoms with van der Waals surface area (Å²) in [6, 6.07) is 10.8. The van der Waals surface area contributed by atoms with E-state index in [0.717, 1.165) is 12.8 Å². The van der Waals surface area contributed by atoms with E-state index in [9.17, 15) is 13.2 Å². The number of nitrogens with one attached hydrogen (secondary N) is 2. The van der Waals surface area contributed by atoms with Crippen molar-refractivity contribution in [2.24, 2.45) is 0 Å². The smallest absolute Gasteiger partial charge is 0.255 e. The number of halogens is 1. The number of carbonyl (C=O) groups excluding carboxylic acids is 1. The van der Waals surface area contributed by atoms with Crippen molar-refractivity contribution in [2.75, 3.05) is 5.32 Å². The van der Waals surface area contributed by atoms with E-state index in [1.165, 1.54) is 35.5 Å². The summed E-state index contributed by atoms with van der Waals surface area (Å²) in [6.07, 6.45) is 4.54. The van der Waals surface area contributed by atoms with Gasteiger partial charge in [-0.1, -0.05) is 17.7 Å². The highest BCUT2D eigenvalue weighted by atomic mass is 35.5. The summed E-state index contributed by atoms with van der Waals surface area (Å²) in [5.41, 5.74) is 1.21. The fourth-order valence-corrected chi connectivity index (χ4v) is 4.15. The van der Waals surface area contributed by atoms with Gasteiger partial charge in [0, 0.05) is 16.6 Å². The molecule has 1 aliphatic rings. The Labute approximate surface area is 166 Å². The minimum Gasteiger partial charge on any atom is -0.320 e. The van der Waals surface area contributed by atoms with Crippen LogP contribution < -0.4 is 10.0 Å². The Kier molecular flexibility index (Phi) is 4.88. The molecular weight excluding hydrogens is 402 g/mol. The Hall–Kier alpha value is -2.75. The van der Waals surface area contributed by atoms with Gasteiger partial charge in [-0.2, -0.15) is 5.10 Å². The van der Waals surface area contributed by atoms with E-state index in [1.54, 1.807) is 24.3 Å². The van der Waals surface area contributed by atoms with Crippen LogP contribution in [0.2, 0.25) is 5.02 Å². The van der Waals surface area contributed by atoms with E-state index in [2.05, 4.69) is 20.1 Å².